The molecule has 0 atom stereocenters. The Morgan fingerprint density at radius 2 is 1.40 bits per heavy atom. The molecule has 0 saturated carbocycles. The number of aryl methyl sites for hydroxylation is 1. The predicted octanol–water partition coefficient (Wildman–Crippen LogP) is 5.17. The van der Waals surface area contributed by atoms with Crippen molar-refractivity contribution in [1.82, 2.24) is 0 Å². The molecule has 0 nitrogen and oxygen atoms in total. The van der Waals surface area contributed by atoms with Gasteiger partial charge in [-0.3, -0.25) is 0 Å². The average Bonchev–Trinajstić information content (AvgIpc) is 2.25. The molecule has 0 spiro atoms. The Morgan fingerprint density at radius 3 is 2.07 bits per heavy atom. The lowest BCUT2D eigenvalue weighted by atomic mass is 10.1. The van der Waals surface area contributed by atoms with Crippen LogP contribution >= 0.6 is 17.0 Å². The molecule has 0 aliphatic heterocycles. The quantitative estimate of drug-likeness (QED) is 0.600. The Morgan fingerprint density at radius 1 is 0.800 bits per heavy atom. The Balaban J connectivity index is 0.00000196. The van der Waals surface area contributed by atoms with Crippen LogP contribution in [-0.4, -0.2) is 0 Å². The van der Waals surface area contributed by atoms with E-state index in [9.17, 15) is 0 Å². The molecule has 0 aliphatic rings. The van der Waals surface area contributed by atoms with Crippen molar-refractivity contribution in [3.8, 4) is 0 Å². The van der Waals surface area contributed by atoms with Gasteiger partial charge in [0.25, 0.3) is 0 Å². The van der Waals surface area contributed by atoms with Crippen molar-refractivity contribution in [2.24, 2.45) is 0 Å². The Labute approximate surface area is 105 Å². The second-order valence-corrected chi connectivity index (χ2v) is 4.00. The van der Waals surface area contributed by atoms with Gasteiger partial charge in [-0.2, -0.15) is 0 Å². The zero-order valence-electron chi connectivity index (χ0n) is 9.74. The molecule has 0 fully saturated rings. The summed E-state index contributed by atoms with van der Waals surface area (Å²) in [6, 6.07) is 10.8. The van der Waals surface area contributed by atoms with Crippen molar-refractivity contribution in [2.75, 3.05) is 0 Å². The molecule has 0 heterocycles. The minimum atomic E-state index is 0. The fraction of sp³-hybridized carbons (Fsp3) is 0.571. The van der Waals surface area contributed by atoms with Crippen LogP contribution in [0.25, 0.3) is 0 Å². The molecule has 1 aromatic rings. The van der Waals surface area contributed by atoms with Crippen LogP contribution in [-0.2, 0) is 6.42 Å². The minimum absolute atomic E-state index is 0. The van der Waals surface area contributed by atoms with Crippen LogP contribution in [0, 0.1) is 0 Å². The molecule has 0 aliphatic carbocycles. The molecular formula is C14H23Br. The summed E-state index contributed by atoms with van der Waals surface area (Å²) in [5.41, 5.74) is 1.49. The molecule has 1 rings (SSSR count). The van der Waals surface area contributed by atoms with E-state index in [2.05, 4.69) is 37.3 Å². The summed E-state index contributed by atoms with van der Waals surface area (Å²) < 4.78 is 0. The van der Waals surface area contributed by atoms with E-state index >= 15 is 0 Å². The monoisotopic (exact) mass is 270 g/mol. The van der Waals surface area contributed by atoms with Gasteiger partial charge in [-0.1, -0.05) is 69.4 Å². The number of hydrogen-bond donors (Lipinski definition) is 0. The second-order valence-electron chi connectivity index (χ2n) is 4.00. The third-order valence-electron chi connectivity index (χ3n) is 2.66. The molecule has 0 unspecified atom stereocenters. The van der Waals surface area contributed by atoms with Gasteiger partial charge in [-0.15, -0.1) is 17.0 Å². The van der Waals surface area contributed by atoms with Crippen molar-refractivity contribution in [3.63, 3.8) is 0 Å². The molecule has 0 saturated heterocycles. The van der Waals surface area contributed by atoms with Crippen molar-refractivity contribution in [1.29, 1.82) is 0 Å². The third kappa shape index (κ3) is 7.61. The highest BCUT2D eigenvalue weighted by Crippen LogP contribution is 2.09. The van der Waals surface area contributed by atoms with Gasteiger partial charge in [0.2, 0.25) is 0 Å². The van der Waals surface area contributed by atoms with Gasteiger partial charge >= 0.3 is 0 Å². The molecule has 86 valence electrons. The number of unbranched alkanes of at least 4 members (excludes halogenated alkanes) is 5. The number of hydrogen-bond acceptors (Lipinski definition) is 0. The largest absolute Gasteiger partial charge is 0.114 e. The molecule has 0 aromatic heterocycles. The van der Waals surface area contributed by atoms with E-state index in [1.807, 2.05) is 0 Å². The van der Waals surface area contributed by atoms with Crippen molar-refractivity contribution in [2.45, 2.75) is 51.9 Å². The first-order chi connectivity index (χ1) is 6.93. The average molecular weight is 271 g/mol. The molecular weight excluding hydrogens is 248 g/mol. The van der Waals surface area contributed by atoms with Gasteiger partial charge in [0, 0.05) is 0 Å². The van der Waals surface area contributed by atoms with Gasteiger partial charge in [0.15, 0.2) is 0 Å². The summed E-state index contributed by atoms with van der Waals surface area (Å²) in [5.74, 6) is 0. The highest BCUT2D eigenvalue weighted by atomic mass is 79.9. The van der Waals surface area contributed by atoms with E-state index in [4.69, 9.17) is 0 Å². The summed E-state index contributed by atoms with van der Waals surface area (Å²) in [7, 11) is 0. The second kappa shape index (κ2) is 10.2. The maximum absolute atomic E-state index is 2.27. The van der Waals surface area contributed by atoms with Crippen LogP contribution in [0.15, 0.2) is 30.3 Å². The topological polar surface area (TPSA) is 0 Å². The lowest BCUT2D eigenvalue weighted by Gasteiger charge is -2.01. The maximum atomic E-state index is 2.27. The van der Waals surface area contributed by atoms with Crippen LogP contribution in [0.2, 0.25) is 0 Å². The molecule has 0 radical (unpaired) electrons. The molecule has 15 heavy (non-hydrogen) atoms. The highest BCUT2D eigenvalue weighted by Gasteiger charge is 1.92. The Hall–Kier alpha value is -0.300. The Bertz CT molecular complexity index is 218. The van der Waals surface area contributed by atoms with Crippen molar-refractivity contribution < 1.29 is 0 Å². The fourth-order valence-electron chi connectivity index (χ4n) is 1.75. The van der Waals surface area contributed by atoms with E-state index in [1.165, 1.54) is 50.5 Å². The van der Waals surface area contributed by atoms with Crippen LogP contribution in [0.3, 0.4) is 0 Å². The molecule has 1 heteroatoms. The summed E-state index contributed by atoms with van der Waals surface area (Å²) in [6.07, 6.45) is 9.60. The van der Waals surface area contributed by atoms with E-state index in [0.717, 1.165) is 0 Å². The fourth-order valence-corrected chi connectivity index (χ4v) is 1.75. The molecule has 0 bridgehead atoms. The highest BCUT2D eigenvalue weighted by molar-refractivity contribution is 8.93. The van der Waals surface area contributed by atoms with Gasteiger partial charge in [0.05, 0.1) is 0 Å². The lowest BCUT2D eigenvalue weighted by molar-refractivity contribution is 0.607. The maximum Gasteiger partial charge on any atom is -0.0279 e. The van der Waals surface area contributed by atoms with E-state index in [1.54, 1.807) is 0 Å². The van der Waals surface area contributed by atoms with Crippen LogP contribution in [0.4, 0.5) is 0 Å². The first-order valence-corrected chi connectivity index (χ1v) is 5.97. The zero-order chi connectivity index (χ0) is 10.1. The van der Waals surface area contributed by atoms with Crippen molar-refractivity contribution in [3.05, 3.63) is 35.9 Å². The standard InChI is InChI=1S/C14H22.BrH/c1-2-3-4-5-6-8-11-14-12-9-7-10-13-14;/h7,9-10,12-13H,2-6,8,11H2,1H3;1H. The van der Waals surface area contributed by atoms with Gasteiger partial charge < -0.3 is 0 Å². The smallest absolute Gasteiger partial charge is 0.0279 e. The van der Waals surface area contributed by atoms with Crippen molar-refractivity contribution >= 4 is 17.0 Å². The molecule has 0 amide bonds. The first kappa shape index (κ1) is 14.7. The SMILES string of the molecule is Br.CCCCCCCCc1ccccc1. The van der Waals surface area contributed by atoms with Crippen LogP contribution in [0.1, 0.15) is 51.0 Å². The van der Waals surface area contributed by atoms with E-state index in [0.29, 0.717) is 0 Å². The van der Waals surface area contributed by atoms with Gasteiger partial charge in [0.1, 0.15) is 0 Å². The summed E-state index contributed by atoms with van der Waals surface area (Å²) in [4.78, 5) is 0. The Kier molecular flexibility index (Phi) is 10.0. The van der Waals surface area contributed by atoms with Gasteiger partial charge in [-0.05, 0) is 18.4 Å². The number of rotatable bonds is 7. The molecule has 1 aromatic carbocycles. The van der Waals surface area contributed by atoms with Gasteiger partial charge in [-0.25, -0.2) is 0 Å². The van der Waals surface area contributed by atoms with Crippen LogP contribution in [0.5, 0.6) is 0 Å². The number of benzene rings is 1. The molecule has 0 N–H and O–H groups in total. The number of halogens is 1. The normalized spacial score (nSPS) is 9.67. The zero-order valence-corrected chi connectivity index (χ0v) is 11.5. The third-order valence-corrected chi connectivity index (χ3v) is 2.66. The summed E-state index contributed by atoms with van der Waals surface area (Å²) in [6.45, 7) is 2.27. The predicted molar refractivity (Wildman–Crippen MR) is 73.8 cm³/mol. The van der Waals surface area contributed by atoms with E-state index in [-0.39, 0.29) is 17.0 Å². The minimum Gasteiger partial charge on any atom is -0.114 e. The van der Waals surface area contributed by atoms with E-state index < -0.39 is 0 Å². The summed E-state index contributed by atoms with van der Waals surface area (Å²) in [5, 5.41) is 0. The summed E-state index contributed by atoms with van der Waals surface area (Å²) >= 11 is 0. The lowest BCUT2D eigenvalue weighted by Crippen LogP contribution is -1.85. The van der Waals surface area contributed by atoms with Crippen LogP contribution < -0.4 is 0 Å². The first-order valence-electron chi connectivity index (χ1n) is 5.97.